The van der Waals surface area contributed by atoms with E-state index in [9.17, 15) is 8.78 Å². The molecule has 0 heterocycles. The summed E-state index contributed by atoms with van der Waals surface area (Å²) in [5, 5.41) is 11.6. The van der Waals surface area contributed by atoms with E-state index in [1.165, 1.54) is 7.11 Å². The maximum Gasteiger partial charge on any atom is 0.132 e. The molecule has 0 amide bonds. The summed E-state index contributed by atoms with van der Waals surface area (Å²) in [6, 6.07) is 8.98. The van der Waals surface area contributed by atoms with E-state index in [0.29, 0.717) is 11.4 Å². The number of benzene rings is 2. The molecule has 3 nitrogen and oxygen atoms in total. The Morgan fingerprint density at radius 2 is 1.90 bits per heavy atom. The van der Waals surface area contributed by atoms with E-state index in [0.717, 1.165) is 16.6 Å². The standard InChI is InChI=1S/C15H11BrF2N2O/c1-21-10-2-3-12(16)15(6-10)20-8-11-13(17)4-9(7-19)5-14(11)18/h2-6,20H,8H2,1H3. The molecule has 21 heavy (non-hydrogen) atoms. The highest BCUT2D eigenvalue weighted by atomic mass is 79.9. The quantitative estimate of drug-likeness (QED) is 0.895. The maximum absolute atomic E-state index is 13.8. The zero-order chi connectivity index (χ0) is 15.4. The van der Waals surface area contributed by atoms with E-state index in [-0.39, 0.29) is 17.7 Å². The summed E-state index contributed by atoms with van der Waals surface area (Å²) in [5.41, 5.74) is 0.484. The molecule has 2 aromatic rings. The number of hydrogen-bond acceptors (Lipinski definition) is 3. The number of methoxy groups -OCH3 is 1. The van der Waals surface area contributed by atoms with Crippen LogP contribution < -0.4 is 10.1 Å². The van der Waals surface area contributed by atoms with Gasteiger partial charge in [-0.25, -0.2) is 8.78 Å². The fraction of sp³-hybridized carbons (Fsp3) is 0.133. The molecule has 6 heteroatoms. The second-order valence-corrected chi connectivity index (χ2v) is 5.08. The van der Waals surface area contributed by atoms with Crippen LogP contribution in [0.4, 0.5) is 14.5 Å². The number of nitrogens with zero attached hydrogens (tertiary/aromatic N) is 1. The molecule has 0 atom stereocenters. The summed E-state index contributed by atoms with van der Waals surface area (Å²) in [4.78, 5) is 0. The van der Waals surface area contributed by atoms with Crippen LogP contribution in [0, 0.1) is 23.0 Å². The lowest BCUT2D eigenvalue weighted by molar-refractivity contribution is 0.415. The molecule has 0 spiro atoms. The number of hydrogen-bond donors (Lipinski definition) is 1. The molecule has 0 aromatic heterocycles. The predicted molar refractivity (Wildman–Crippen MR) is 79.1 cm³/mol. The highest BCUT2D eigenvalue weighted by Crippen LogP contribution is 2.28. The van der Waals surface area contributed by atoms with E-state index in [2.05, 4.69) is 21.2 Å². The molecule has 0 saturated carbocycles. The molecule has 0 saturated heterocycles. The highest BCUT2D eigenvalue weighted by molar-refractivity contribution is 9.10. The van der Waals surface area contributed by atoms with Gasteiger partial charge in [-0.15, -0.1) is 0 Å². The largest absolute Gasteiger partial charge is 0.497 e. The van der Waals surface area contributed by atoms with Crippen molar-refractivity contribution >= 4 is 21.6 Å². The average Bonchev–Trinajstić information content (AvgIpc) is 2.47. The van der Waals surface area contributed by atoms with Crippen LogP contribution in [0.3, 0.4) is 0 Å². The fourth-order valence-electron chi connectivity index (χ4n) is 1.79. The molecule has 1 N–H and O–H groups in total. The third-order valence-corrected chi connectivity index (χ3v) is 3.59. The second-order valence-electron chi connectivity index (χ2n) is 4.23. The molecule has 2 aromatic carbocycles. The van der Waals surface area contributed by atoms with E-state index >= 15 is 0 Å². The molecule has 0 aliphatic rings. The van der Waals surface area contributed by atoms with Crippen molar-refractivity contribution in [3.05, 3.63) is 57.6 Å². The third kappa shape index (κ3) is 3.50. The molecule has 108 valence electrons. The zero-order valence-corrected chi connectivity index (χ0v) is 12.7. The van der Waals surface area contributed by atoms with Crippen LogP contribution in [-0.2, 0) is 6.54 Å². The van der Waals surface area contributed by atoms with Gasteiger partial charge in [-0.1, -0.05) is 0 Å². The summed E-state index contributed by atoms with van der Waals surface area (Å²) >= 11 is 3.34. The number of anilines is 1. The Bertz CT molecular complexity index is 690. The number of nitriles is 1. The Hall–Kier alpha value is -2.13. The lowest BCUT2D eigenvalue weighted by Gasteiger charge is -2.11. The third-order valence-electron chi connectivity index (χ3n) is 2.90. The normalized spacial score (nSPS) is 10.0. The Morgan fingerprint density at radius 1 is 1.24 bits per heavy atom. The molecule has 0 radical (unpaired) electrons. The minimum atomic E-state index is -0.752. The van der Waals surface area contributed by atoms with Crippen LogP contribution in [0.5, 0.6) is 5.75 Å². The van der Waals surface area contributed by atoms with Crippen LogP contribution >= 0.6 is 15.9 Å². The Kier molecular flexibility index (Phi) is 4.76. The van der Waals surface area contributed by atoms with Gasteiger partial charge in [-0.3, -0.25) is 0 Å². The Morgan fingerprint density at radius 3 is 2.48 bits per heavy atom. The van der Waals surface area contributed by atoms with Gasteiger partial charge >= 0.3 is 0 Å². The van der Waals surface area contributed by atoms with E-state index in [1.807, 2.05) is 0 Å². The second kappa shape index (κ2) is 6.55. The van der Waals surface area contributed by atoms with Crippen LogP contribution in [0.15, 0.2) is 34.8 Å². The molecule has 0 unspecified atom stereocenters. The van der Waals surface area contributed by atoms with Crippen LogP contribution in [0.2, 0.25) is 0 Å². The smallest absolute Gasteiger partial charge is 0.132 e. The lowest BCUT2D eigenvalue weighted by Crippen LogP contribution is -2.06. The van der Waals surface area contributed by atoms with Crippen LogP contribution in [0.1, 0.15) is 11.1 Å². The molecular weight excluding hydrogens is 342 g/mol. The van der Waals surface area contributed by atoms with Gasteiger partial charge in [0.15, 0.2) is 0 Å². The first kappa shape index (κ1) is 15.3. The topological polar surface area (TPSA) is 45.0 Å². The molecular formula is C15H11BrF2N2O. The van der Waals surface area contributed by atoms with Gasteiger partial charge in [-0.05, 0) is 40.2 Å². The first-order valence-electron chi connectivity index (χ1n) is 6.00. The van der Waals surface area contributed by atoms with Gasteiger partial charge in [-0.2, -0.15) is 5.26 Å². The number of rotatable bonds is 4. The Balaban J connectivity index is 2.23. The summed E-state index contributed by atoms with van der Waals surface area (Å²) in [5.74, 6) is -0.877. The summed E-state index contributed by atoms with van der Waals surface area (Å²) in [6.07, 6.45) is 0. The van der Waals surface area contributed by atoms with Crippen LogP contribution in [-0.4, -0.2) is 7.11 Å². The SMILES string of the molecule is COc1ccc(Br)c(NCc2c(F)cc(C#N)cc2F)c1. The maximum atomic E-state index is 13.8. The van der Waals surface area contributed by atoms with Gasteiger partial charge in [0.25, 0.3) is 0 Å². The van der Waals surface area contributed by atoms with Gasteiger partial charge in [0.2, 0.25) is 0 Å². The van der Waals surface area contributed by atoms with Crippen molar-refractivity contribution < 1.29 is 13.5 Å². The predicted octanol–water partition coefficient (Wildman–Crippen LogP) is 4.22. The van der Waals surface area contributed by atoms with Gasteiger partial charge in [0.05, 0.1) is 24.4 Å². The Labute approximate surface area is 129 Å². The number of nitrogens with one attached hydrogen (secondary N) is 1. The van der Waals surface area contributed by atoms with E-state index < -0.39 is 11.6 Å². The van der Waals surface area contributed by atoms with Gasteiger partial charge < -0.3 is 10.1 Å². The summed E-state index contributed by atoms with van der Waals surface area (Å²) < 4.78 is 33.4. The van der Waals surface area contributed by atoms with Crippen LogP contribution in [0.25, 0.3) is 0 Å². The van der Waals surface area contributed by atoms with Crippen molar-refractivity contribution in [2.75, 3.05) is 12.4 Å². The highest BCUT2D eigenvalue weighted by Gasteiger charge is 2.12. The minimum Gasteiger partial charge on any atom is -0.497 e. The first-order valence-corrected chi connectivity index (χ1v) is 6.80. The molecule has 0 bridgehead atoms. The monoisotopic (exact) mass is 352 g/mol. The van der Waals surface area contributed by atoms with E-state index in [4.69, 9.17) is 10.00 Å². The molecule has 2 rings (SSSR count). The van der Waals surface area contributed by atoms with Crippen molar-refractivity contribution in [3.8, 4) is 11.8 Å². The summed E-state index contributed by atoms with van der Waals surface area (Å²) in [7, 11) is 1.53. The summed E-state index contributed by atoms with van der Waals surface area (Å²) in [6.45, 7) is -0.0465. The van der Waals surface area contributed by atoms with Gasteiger partial charge in [0.1, 0.15) is 17.4 Å². The van der Waals surface area contributed by atoms with Crippen molar-refractivity contribution in [2.45, 2.75) is 6.54 Å². The molecule has 0 aliphatic heterocycles. The molecule has 0 aliphatic carbocycles. The van der Waals surface area contributed by atoms with Crippen molar-refractivity contribution in [1.82, 2.24) is 0 Å². The minimum absolute atomic E-state index is 0.0451. The average molecular weight is 353 g/mol. The first-order chi connectivity index (χ1) is 10.0. The van der Waals surface area contributed by atoms with Crippen molar-refractivity contribution in [3.63, 3.8) is 0 Å². The molecule has 0 fully saturated rings. The lowest BCUT2D eigenvalue weighted by atomic mass is 10.1. The van der Waals surface area contributed by atoms with E-state index in [1.54, 1.807) is 24.3 Å². The van der Waals surface area contributed by atoms with Crippen molar-refractivity contribution in [1.29, 1.82) is 5.26 Å². The number of halogens is 3. The van der Waals surface area contributed by atoms with Gasteiger partial charge in [0, 0.05) is 22.6 Å². The fourth-order valence-corrected chi connectivity index (χ4v) is 2.17. The number of ether oxygens (including phenoxy) is 1. The zero-order valence-electron chi connectivity index (χ0n) is 11.1. The van der Waals surface area contributed by atoms with Crippen molar-refractivity contribution in [2.24, 2.45) is 0 Å².